The van der Waals surface area contributed by atoms with Gasteiger partial charge in [-0.25, -0.2) is 4.39 Å². The molecule has 5 heteroatoms. The van der Waals surface area contributed by atoms with Gasteiger partial charge in [0.15, 0.2) is 11.6 Å². The minimum absolute atomic E-state index is 0.0464. The van der Waals surface area contributed by atoms with Crippen LogP contribution in [-0.2, 0) is 17.9 Å². The van der Waals surface area contributed by atoms with Gasteiger partial charge in [0.2, 0.25) is 5.91 Å². The van der Waals surface area contributed by atoms with Crippen LogP contribution in [-0.4, -0.2) is 30.5 Å². The minimum atomic E-state index is -0.395. The van der Waals surface area contributed by atoms with Crippen molar-refractivity contribution in [3.63, 3.8) is 0 Å². The third kappa shape index (κ3) is 4.07. The van der Waals surface area contributed by atoms with Crippen LogP contribution in [0.1, 0.15) is 11.1 Å². The number of para-hydroxylation sites is 1. The van der Waals surface area contributed by atoms with E-state index in [4.69, 9.17) is 4.74 Å². The number of fused-ring (bicyclic) bond motifs is 1. The first-order valence-corrected chi connectivity index (χ1v) is 7.65. The summed E-state index contributed by atoms with van der Waals surface area (Å²) in [6, 6.07) is 14.5. The molecule has 1 aliphatic rings. The number of hydrogen-bond acceptors (Lipinski definition) is 3. The van der Waals surface area contributed by atoms with Crippen molar-refractivity contribution in [1.82, 2.24) is 10.2 Å². The zero-order valence-electron chi connectivity index (χ0n) is 12.8. The lowest BCUT2D eigenvalue weighted by molar-refractivity contribution is -0.122. The molecule has 0 unspecified atom stereocenters. The van der Waals surface area contributed by atoms with Crippen molar-refractivity contribution in [3.05, 3.63) is 65.5 Å². The molecule has 0 spiro atoms. The van der Waals surface area contributed by atoms with Crippen LogP contribution in [0, 0.1) is 5.82 Å². The fourth-order valence-corrected chi connectivity index (χ4v) is 2.69. The van der Waals surface area contributed by atoms with Gasteiger partial charge in [-0.05, 0) is 23.3 Å². The Morgan fingerprint density at radius 1 is 1.09 bits per heavy atom. The smallest absolute Gasteiger partial charge is 0.234 e. The molecule has 1 aliphatic heterocycles. The first-order valence-electron chi connectivity index (χ1n) is 7.65. The fraction of sp³-hybridized carbons (Fsp3) is 0.278. The Balaban J connectivity index is 1.37. The van der Waals surface area contributed by atoms with Crippen LogP contribution in [0.15, 0.2) is 48.5 Å². The maximum Gasteiger partial charge on any atom is 0.234 e. The summed E-state index contributed by atoms with van der Waals surface area (Å²) >= 11 is 0. The molecule has 0 bridgehead atoms. The molecule has 0 aliphatic carbocycles. The Kier molecular flexibility index (Phi) is 4.88. The summed E-state index contributed by atoms with van der Waals surface area (Å²) in [7, 11) is 0. The van der Waals surface area contributed by atoms with Crippen molar-refractivity contribution in [2.45, 2.75) is 13.1 Å². The first kappa shape index (κ1) is 15.5. The molecule has 120 valence electrons. The summed E-state index contributed by atoms with van der Waals surface area (Å²) in [5.74, 6) is -0.236. The number of nitrogens with zero attached hydrogens (tertiary/aromatic N) is 1. The Morgan fingerprint density at radius 3 is 2.43 bits per heavy atom. The third-order valence-corrected chi connectivity index (χ3v) is 3.79. The average molecular weight is 314 g/mol. The summed E-state index contributed by atoms with van der Waals surface area (Å²) in [6.07, 6.45) is 0. The topological polar surface area (TPSA) is 41.6 Å². The molecular weight excluding hydrogens is 295 g/mol. The number of carbonyl (C=O) groups excluding carboxylic acids is 1. The van der Waals surface area contributed by atoms with Gasteiger partial charge in [-0.2, -0.15) is 0 Å². The Hall–Kier alpha value is -2.40. The van der Waals surface area contributed by atoms with Gasteiger partial charge in [-0.1, -0.05) is 36.4 Å². The second kappa shape index (κ2) is 7.24. The van der Waals surface area contributed by atoms with Gasteiger partial charge in [0.1, 0.15) is 6.61 Å². The van der Waals surface area contributed by atoms with Gasteiger partial charge in [-0.3, -0.25) is 9.69 Å². The van der Waals surface area contributed by atoms with E-state index in [1.54, 1.807) is 18.2 Å². The van der Waals surface area contributed by atoms with Crippen LogP contribution < -0.4 is 10.1 Å². The largest absolute Gasteiger partial charge is 0.489 e. The van der Waals surface area contributed by atoms with Crippen LogP contribution in [0.25, 0.3) is 0 Å². The van der Waals surface area contributed by atoms with Crippen molar-refractivity contribution < 1.29 is 13.9 Å². The van der Waals surface area contributed by atoms with E-state index in [2.05, 4.69) is 22.3 Å². The molecule has 0 radical (unpaired) electrons. The Morgan fingerprint density at radius 2 is 1.74 bits per heavy atom. The quantitative estimate of drug-likeness (QED) is 0.832. The molecule has 1 N–H and O–H groups in total. The highest BCUT2D eigenvalue weighted by atomic mass is 19.1. The number of halogens is 1. The molecule has 3 rings (SSSR count). The Labute approximate surface area is 134 Å². The van der Waals surface area contributed by atoms with Gasteiger partial charge >= 0.3 is 0 Å². The lowest BCUT2D eigenvalue weighted by Crippen LogP contribution is -2.36. The predicted molar refractivity (Wildman–Crippen MR) is 85.5 cm³/mol. The lowest BCUT2D eigenvalue weighted by atomic mass is 10.1. The molecule has 0 aromatic heterocycles. The second-order valence-corrected chi connectivity index (χ2v) is 5.54. The van der Waals surface area contributed by atoms with Gasteiger partial charge in [-0.15, -0.1) is 0 Å². The van der Waals surface area contributed by atoms with E-state index in [1.165, 1.54) is 17.2 Å². The third-order valence-electron chi connectivity index (χ3n) is 3.79. The predicted octanol–water partition coefficient (Wildman–Crippen LogP) is 2.34. The highest BCUT2D eigenvalue weighted by molar-refractivity contribution is 5.78. The van der Waals surface area contributed by atoms with Crippen LogP contribution in [0.2, 0.25) is 0 Å². The SMILES string of the molecule is O=C(CN1Cc2ccccc2C1)NCCOc1ccccc1F. The first-order chi connectivity index (χ1) is 11.2. The number of benzene rings is 2. The maximum atomic E-state index is 13.4. The molecule has 1 heterocycles. The molecule has 2 aromatic carbocycles. The van der Waals surface area contributed by atoms with E-state index in [1.807, 2.05) is 12.1 Å². The molecule has 23 heavy (non-hydrogen) atoms. The van der Waals surface area contributed by atoms with Crippen molar-refractivity contribution >= 4 is 5.91 Å². The zero-order chi connectivity index (χ0) is 16.1. The minimum Gasteiger partial charge on any atom is -0.489 e. The molecular formula is C18H19FN2O2. The van der Waals surface area contributed by atoms with Crippen molar-refractivity contribution in [2.24, 2.45) is 0 Å². The lowest BCUT2D eigenvalue weighted by Gasteiger charge is -2.14. The summed E-state index contributed by atoms with van der Waals surface area (Å²) in [6.45, 7) is 2.56. The van der Waals surface area contributed by atoms with Crippen LogP contribution >= 0.6 is 0 Å². The number of amides is 1. The van der Waals surface area contributed by atoms with E-state index in [0.29, 0.717) is 13.1 Å². The molecule has 1 amide bonds. The van der Waals surface area contributed by atoms with E-state index >= 15 is 0 Å². The molecule has 0 saturated heterocycles. The van der Waals surface area contributed by atoms with Gasteiger partial charge < -0.3 is 10.1 Å². The number of hydrogen-bond donors (Lipinski definition) is 1. The van der Waals surface area contributed by atoms with Crippen LogP contribution in [0.4, 0.5) is 4.39 Å². The molecule has 2 aromatic rings. The number of rotatable bonds is 6. The summed E-state index contributed by atoms with van der Waals surface area (Å²) < 4.78 is 18.7. The van der Waals surface area contributed by atoms with E-state index < -0.39 is 5.82 Å². The van der Waals surface area contributed by atoms with Gasteiger partial charge in [0.25, 0.3) is 0 Å². The van der Waals surface area contributed by atoms with Crippen molar-refractivity contribution in [2.75, 3.05) is 19.7 Å². The normalized spacial score (nSPS) is 13.6. The standard InChI is InChI=1S/C18H19FN2O2/c19-16-7-3-4-8-17(16)23-10-9-20-18(22)13-21-11-14-5-1-2-6-15(14)12-21/h1-8H,9-13H2,(H,20,22). The van der Waals surface area contributed by atoms with Gasteiger partial charge in [0.05, 0.1) is 13.1 Å². The average Bonchev–Trinajstić information content (AvgIpc) is 2.95. The van der Waals surface area contributed by atoms with Crippen LogP contribution in [0.5, 0.6) is 5.75 Å². The maximum absolute atomic E-state index is 13.4. The number of carbonyl (C=O) groups is 1. The second-order valence-electron chi connectivity index (χ2n) is 5.54. The number of ether oxygens (including phenoxy) is 1. The van der Waals surface area contributed by atoms with Gasteiger partial charge in [0, 0.05) is 13.1 Å². The van der Waals surface area contributed by atoms with E-state index in [9.17, 15) is 9.18 Å². The molecule has 0 saturated carbocycles. The van der Waals surface area contributed by atoms with Crippen LogP contribution in [0.3, 0.4) is 0 Å². The number of nitrogens with one attached hydrogen (secondary N) is 1. The zero-order valence-corrected chi connectivity index (χ0v) is 12.8. The highest BCUT2D eigenvalue weighted by Crippen LogP contribution is 2.21. The summed E-state index contributed by atoms with van der Waals surface area (Å²) in [5.41, 5.74) is 2.56. The Bertz CT molecular complexity index is 665. The summed E-state index contributed by atoms with van der Waals surface area (Å²) in [4.78, 5) is 14.0. The fourth-order valence-electron chi connectivity index (χ4n) is 2.69. The molecule has 0 atom stereocenters. The monoisotopic (exact) mass is 314 g/mol. The highest BCUT2D eigenvalue weighted by Gasteiger charge is 2.19. The van der Waals surface area contributed by atoms with E-state index in [-0.39, 0.29) is 18.3 Å². The molecule has 4 nitrogen and oxygen atoms in total. The van der Waals surface area contributed by atoms with E-state index in [0.717, 1.165) is 13.1 Å². The van der Waals surface area contributed by atoms with Crippen molar-refractivity contribution in [3.8, 4) is 5.75 Å². The molecule has 0 fully saturated rings. The summed E-state index contributed by atoms with van der Waals surface area (Å²) in [5, 5.41) is 2.80. The van der Waals surface area contributed by atoms with Crippen molar-refractivity contribution in [1.29, 1.82) is 0 Å².